The summed E-state index contributed by atoms with van der Waals surface area (Å²) in [7, 11) is 0. The summed E-state index contributed by atoms with van der Waals surface area (Å²) in [5.41, 5.74) is 0.571. The van der Waals surface area contributed by atoms with Crippen molar-refractivity contribution < 1.29 is 31.1 Å². The van der Waals surface area contributed by atoms with Crippen LogP contribution in [-0.4, -0.2) is 19.1 Å². The van der Waals surface area contributed by atoms with E-state index in [9.17, 15) is 26.3 Å². The van der Waals surface area contributed by atoms with Gasteiger partial charge in [-0.3, -0.25) is 0 Å². The first-order chi connectivity index (χ1) is 9.07. The van der Waals surface area contributed by atoms with Gasteiger partial charge < -0.3 is 10.1 Å². The van der Waals surface area contributed by atoms with E-state index in [1.54, 1.807) is 6.92 Å². The third-order valence-electron chi connectivity index (χ3n) is 2.47. The van der Waals surface area contributed by atoms with Gasteiger partial charge in [-0.25, -0.2) is 0 Å². The normalized spacial score (nSPS) is 14.2. The van der Waals surface area contributed by atoms with Gasteiger partial charge in [0.2, 0.25) is 0 Å². The zero-order valence-corrected chi connectivity index (χ0v) is 10.5. The van der Waals surface area contributed by atoms with Crippen LogP contribution in [0.1, 0.15) is 24.9 Å². The monoisotopic (exact) mass is 301 g/mol. The maximum Gasteiger partial charge on any atom is 0.573 e. The average Bonchev–Trinajstić information content (AvgIpc) is 2.25. The minimum atomic E-state index is -4.77. The molecule has 0 heterocycles. The Kier molecular flexibility index (Phi) is 5.27. The third kappa shape index (κ3) is 6.65. The maximum atomic E-state index is 12.0. The van der Waals surface area contributed by atoms with Crippen molar-refractivity contribution in [2.24, 2.45) is 0 Å². The summed E-state index contributed by atoms with van der Waals surface area (Å²) in [5.74, 6) is -0.372. The lowest BCUT2D eigenvalue weighted by molar-refractivity contribution is -0.274. The van der Waals surface area contributed by atoms with E-state index < -0.39 is 25.0 Å². The lowest BCUT2D eigenvalue weighted by atomic mass is 10.1. The smallest absolute Gasteiger partial charge is 0.406 e. The SMILES string of the molecule is CC(NCCC(F)(F)F)c1ccc(OC(F)(F)F)cc1. The number of alkyl halides is 6. The first kappa shape index (κ1) is 16.6. The molecule has 1 rings (SSSR count). The van der Waals surface area contributed by atoms with E-state index in [0.29, 0.717) is 5.56 Å². The third-order valence-corrected chi connectivity index (χ3v) is 2.47. The highest BCUT2D eigenvalue weighted by atomic mass is 19.4. The average molecular weight is 301 g/mol. The van der Waals surface area contributed by atoms with Crippen LogP contribution in [0.2, 0.25) is 0 Å². The van der Waals surface area contributed by atoms with Gasteiger partial charge in [0, 0.05) is 12.6 Å². The molecular weight excluding hydrogens is 288 g/mol. The van der Waals surface area contributed by atoms with Crippen LogP contribution in [-0.2, 0) is 0 Å². The summed E-state index contributed by atoms with van der Waals surface area (Å²) in [5, 5.41) is 2.64. The largest absolute Gasteiger partial charge is 0.573 e. The first-order valence-corrected chi connectivity index (χ1v) is 5.73. The molecule has 0 spiro atoms. The maximum absolute atomic E-state index is 12.0. The minimum absolute atomic E-state index is 0.258. The minimum Gasteiger partial charge on any atom is -0.406 e. The molecule has 1 unspecified atom stereocenters. The van der Waals surface area contributed by atoms with E-state index in [4.69, 9.17) is 0 Å². The Morgan fingerprint density at radius 2 is 1.60 bits per heavy atom. The fraction of sp³-hybridized carbons (Fsp3) is 0.500. The summed E-state index contributed by atoms with van der Waals surface area (Å²) in [6.45, 7) is 1.36. The van der Waals surface area contributed by atoms with Crippen LogP contribution >= 0.6 is 0 Å². The second-order valence-corrected chi connectivity index (χ2v) is 4.16. The molecule has 0 fully saturated rings. The van der Waals surface area contributed by atoms with Crippen molar-refractivity contribution in [3.8, 4) is 5.75 Å². The molecule has 1 aromatic rings. The summed E-state index contributed by atoms with van der Waals surface area (Å²) >= 11 is 0. The van der Waals surface area contributed by atoms with Crippen LogP contribution < -0.4 is 10.1 Å². The van der Waals surface area contributed by atoms with E-state index in [2.05, 4.69) is 10.1 Å². The Balaban J connectivity index is 2.51. The highest BCUT2D eigenvalue weighted by Gasteiger charge is 2.31. The fourth-order valence-electron chi connectivity index (χ4n) is 1.51. The van der Waals surface area contributed by atoms with Crippen molar-refractivity contribution in [3.63, 3.8) is 0 Å². The Bertz CT molecular complexity index is 411. The van der Waals surface area contributed by atoms with Crippen LogP contribution in [0.3, 0.4) is 0 Å². The molecule has 0 aliphatic carbocycles. The molecular formula is C12H13F6NO. The predicted octanol–water partition coefficient (Wildman–Crippen LogP) is 4.19. The molecule has 0 aliphatic rings. The van der Waals surface area contributed by atoms with E-state index in [0.717, 1.165) is 12.1 Å². The Labute approximate surface area is 111 Å². The number of hydrogen-bond acceptors (Lipinski definition) is 2. The molecule has 0 radical (unpaired) electrons. The summed E-state index contributed by atoms with van der Waals surface area (Å²) in [6, 6.07) is 4.56. The summed E-state index contributed by atoms with van der Waals surface area (Å²) < 4.78 is 75.4. The summed E-state index contributed by atoms with van der Waals surface area (Å²) in [4.78, 5) is 0. The van der Waals surface area contributed by atoms with Crippen molar-refractivity contribution >= 4 is 0 Å². The van der Waals surface area contributed by atoms with Gasteiger partial charge in [-0.1, -0.05) is 12.1 Å². The Morgan fingerprint density at radius 3 is 2.05 bits per heavy atom. The molecule has 0 saturated carbocycles. The van der Waals surface area contributed by atoms with E-state index in [1.807, 2.05) is 0 Å². The highest BCUT2D eigenvalue weighted by molar-refractivity contribution is 5.29. The number of halogens is 6. The molecule has 2 nitrogen and oxygen atoms in total. The second-order valence-electron chi connectivity index (χ2n) is 4.16. The summed E-state index contributed by atoms with van der Waals surface area (Å²) in [6.07, 6.45) is -9.97. The van der Waals surface area contributed by atoms with E-state index in [-0.39, 0.29) is 12.3 Å². The zero-order chi connectivity index (χ0) is 15.4. The molecule has 0 bridgehead atoms. The van der Waals surface area contributed by atoms with Gasteiger partial charge in [-0.15, -0.1) is 13.2 Å². The second kappa shape index (κ2) is 6.34. The quantitative estimate of drug-likeness (QED) is 0.823. The van der Waals surface area contributed by atoms with E-state index in [1.165, 1.54) is 12.1 Å². The van der Waals surface area contributed by atoms with Crippen molar-refractivity contribution in [1.29, 1.82) is 0 Å². The van der Waals surface area contributed by atoms with Crippen LogP contribution in [0.25, 0.3) is 0 Å². The molecule has 20 heavy (non-hydrogen) atoms. The standard InChI is InChI=1S/C12H13F6NO/c1-8(19-7-6-11(13,14)15)9-2-4-10(5-3-9)20-12(16,17)18/h2-5,8,19H,6-7H2,1H3. The van der Waals surface area contributed by atoms with Gasteiger partial charge in [0.15, 0.2) is 0 Å². The number of nitrogens with one attached hydrogen (secondary N) is 1. The first-order valence-electron chi connectivity index (χ1n) is 5.73. The molecule has 0 aromatic heterocycles. The number of rotatable bonds is 5. The number of ether oxygens (including phenoxy) is 1. The molecule has 0 saturated heterocycles. The topological polar surface area (TPSA) is 21.3 Å². The number of hydrogen-bond donors (Lipinski definition) is 1. The van der Waals surface area contributed by atoms with Crippen LogP contribution in [0.15, 0.2) is 24.3 Å². The van der Waals surface area contributed by atoms with Crippen LogP contribution in [0, 0.1) is 0 Å². The predicted molar refractivity (Wildman–Crippen MR) is 60.2 cm³/mol. The molecule has 0 amide bonds. The highest BCUT2D eigenvalue weighted by Crippen LogP contribution is 2.24. The molecule has 1 N–H and O–H groups in total. The molecule has 8 heteroatoms. The van der Waals surface area contributed by atoms with Crippen molar-refractivity contribution in [2.75, 3.05) is 6.54 Å². The van der Waals surface area contributed by atoms with Gasteiger partial charge in [-0.05, 0) is 24.6 Å². The molecule has 1 aromatic carbocycles. The molecule has 0 aliphatic heterocycles. The van der Waals surface area contributed by atoms with Crippen LogP contribution in [0.5, 0.6) is 5.75 Å². The van der Waals surface area contributed by atoms with Crippen molar-refractivity contribution in [2.45, 2.75) is 31.9 Å². The van der Waals surface area contributed by atoms with Gasteiger partial charge in [0.1, 0.15) is 5.75 Å². The van der Waals surface area contributed by atoms with Crippen molar-refractivity contribution in [3.05, 3.63) is 29.8 Å². The van der Waals surface area contributed by atoms with Crippen LogP contribution in [0.4, 0.5) is 26.3 Å². The lowest BCUT2D eigenvalue weighted by Crippen LogP contribution is -2.24. The van der Waals surface area contributed by atoms with Gasteiger partial charge >= 0.3 is 12.5 Å². The Hall–Kier alpha value is -1.44. The Morgan fingerprint density at radius 1 is 1.05 bits per heavy atom. The fourth-order valence-corrected chi connectivity index (χ4v) is 1.51. The zero-order valence-electron chi connectivity index (χ0n) is 10.5. The molecule has 1 atom stereocenters. The van der Waals surface area contributed by atoms with Gasteiger partial charge in [0.05, 0.1) is 6.42 Å². The van der Waals surface area contributed by atoms with Gasteiger partial charge in [-0.2, -0.15) is 13.2 Å². The van der Waals surface area contributed by atoms with Gasteiger partial charge in [0.25, 0.3) is 0 Å². The van der Waals surface area contributed by atoms with Crippen molar-refractivity contribution in [1.82, 2.24) is 5.32 Å². The van der Waals surface area contributed by atoms with E-state index >= 15 is 0 Å². The number of benzene rings is 1. The molecule has 114 valence electrons. The lowest BCUT2D eigenvalue weighted by Gasteiger charge is -2.16.